The summed E-state index contributed by atoms with van der Waals surface area (Å²) >= 11 is 0. The lowest BCUT2D eigenvalue weighted by molar-refractivity contribution is -0.148. The highest BCUT2D eigenvalue weighted by Crippen LogP contribution is 2.14. The summed E-state index contributed by atoms with van der Waals surface area (Å²) in [6, 6.07) is 0. The lowest BCUT2D eigenvalue weighted by atomic mass is 9.99. The van der Waals surface area contributed by atoms with Crippen LogP contribution in [0.2, 0.25) is 0 Å². The molecular formula is C9H18O4. The average Bonchev–Trinajstić information content (AvgIpc) is 2.00. The molecule has 0 aliphatic carbocycles. The number of carbonyl (C=O) groups is 1. The third kappa shape index (κ3) is 6.54. The predicted molar refractivity (Wildman–Crippen MR) is 48.4 cm³/mol. The van der Waals surface area contributed by atoms with E-state index in [2.05, 4.69) is 0 Å². The standard InChI is InChI=1S/C9H18O4/c1-4-13-8(10)7-9(2,11)5-6-12-3/h11H,4-7H2,1-3H3. The first-order chi connectivity index (χ1) is 6.02. The number of aliphatic hydroxyl groups is 1. The van der Waals surface area contributed by atoms with Crippen LogP contribution >= 0.6 is 0 Å². The summed E-state index contributed by atoms with van der Waals surface area (Å²) in [6.07, 6.45) is 0.451. The molecular weight excluding hydrogens is 172 g/mol. The number of carbonyl (C=O) groups excluding carboxylic acids is 1. The molecule has 0 radical (unpaired) electrons. The Kier molecular flexibility index (Phi) is 5.66. The van der Waals surface area contributed by atoms with Crippen LogP contribution in [-0.2, 0) is 14.3 Å². The summed E-state index contributed by atoms with van der Waals surface area (Å²) in [6.45, 7) is 4.12. The van der Waals surface area contributed by atoms with Gasteiger partial charge in [-0.25, -0.2) is 0 Å². The lowest BCUT2D eigenvalue weighted by Crippen LogP contribution is -2.30. The van der Waals surface area contributed by atoms with Crippen LogP contribution in [-0.4, -0.2) is 37.0 Å². The van der Waals surface area contributed by atoms with Gasteiger partial charge < -0.3 is 14.6 Å². The minimum Gasteiger partial charge on any atom is -0.466 e. The maximum absolute atomic E-state index is 11.0. The van der Waals surface area contributed by atoms with E-state index in [0.717, 1.165) is 0 Å². The van der Waals surface area contributed by atoms with Gasteiger partial charge in [0.05, 0.1) is 18.6 Å². The van der Waals surface area contributed by atoms with Gasteiger partial charge in [0.2, 0.25) is 0 Å². The fourth-order valence-electron chi connectivity index (χ4n) is 0.933. The van der Waals surface area contributed by atoms with Crippen molar-refractivity contribution in [2.75, 3.05) is 20.3 Å². The average molecular weight is 190 g/mol. The van der Waals surface area contributed by atoms with Crippen molar-refractivity contribution >= 4 is 5.97 Å². The Morgan fingerprint density at radius 1 is 1.54 bits per heavy atom. The smallest absolute Gasteiger partial charge is 0.308 e. The third-order valence-electron chi connectivity index (χ3n) is 1.68. The van der Waals surface area contributed by atoms with E-state index in [1.54, 1.807) is 21.0 Å². The third-order valence-corrected chi connectivity index (χ3v) is 1.68. The summed E-state index contributed by atoms with van der Waals surface area (Å²) in [5.74, 6) is -0.372. The van der Waals surface area contributed by atoms with Gasteiger partial charge in [-0.15, -0.1) is 0 Å². The molecule has 0 rings (SSSR count). The zero-order valence-corrected chi connectivity index (χ0v) is 8.50. The van der Waals surface area contributed by atoms with Crippen molar-refractivity contribution in [1.29, 1.82) is 0 Å². The number of ether oxygens (including phenoxy) is 2. The monoisotopic (exact) mass is 190 g/mol. The Morgan fingerprint density at radius 3 is 2.62 bits per heavy atom. The molecule has 4 nitrogen and oxygen atoms in total. The van der Waals surface area contributed by atoms with Crippen molar-refractivity contribution in [3.05, 3.63) is 0 Å². The fraction of sp³-hybridized carbons (Fsp3) is 0.889. The van der Waals surface area contributed by atoms with Gasteiger partial charge in [0.1, 0.15) is 0 Å². The molecule has 0 spiro atoms. The summed E-state index contributed by atoms with van der Waals surface area (Å²) in [4.78, 5) is 11.0. The number of methoxy groups -OCH3 is 1. The Hall–Kier alpha value is -0.610. The Bertz CT molecular complexity index is 154. The summed E-state index contributed by atoms with van der Waals surface area (Å²) in [5.41, 5.74) is -1.03. The maximum Gasteiger partial charge on any atom is 0.308 e. The minimum absolute atomic E-state index is 0.0181. The molecule has 0 saturated heterocycles. The van der Waals surface area contributed by atoms with E-state index in [-0.39, 0.29) is 12.4 Å². The summed E-state index contributed by atoms with van der Waals surface area (Å²) < 4.78 is 9.53. The zero-order chi connectivity index (χ0) is 10.3. The van der Waals surface area contributed by atoms with Crippen molar-refractivity contribution in [1.82, 2.24) is 0 Å². The second kappa shape index (κ2) is 5.94. The van der Waals surface area contributed by atoms with E-state index in [4.69, 9.17) is 9.47 Å². The van der Waals surface area contributed by atoms with Gasteiger partial charge in [-0.3, -0.25) is 4.79 Å². The van der Waals surface area contributed by atoms with E-state index in [1.165, 1.54) is 0 Å². The predicted octanol–water partition coefficient (Wildman–Crippen LogP) is 0.727. The van der Waals surface area contributed by atoms with Crippen LogP contribution < -0.4 is 0 Å². The van der Waals surface area contributed by atoms with E-state index in [1.807, 2.05) is 0 Å². The Balaban J connectivity index is 3.79. The van der Waals surface area contributed by atoms with Gasteiger partial charge in [-0.2, -0.15) is 0 Å². The van der Waals surface area contributed by atoms with E-state index in [0.29, 0.717) is 19.6 Å². The van der Waals surface area contributed by atoms with Crippen LogP contribution in [0.3, 0.4) is 0 Å². The van der Waals surface area contributed by atoms with Crippen LogP contribution in [0.4, 0.5) is 0 Å². The molecule has 78 valence electrons. The molecule has 0 aromatic rings. The van der Waals surface area contributed by atoms with E-state index in [9.17, 15) is 9.90 Å². The molecule has 0 aromatic heterocycles. The van der Waals surface area contributed by atoms with Crippen molar-refractivity contribution in [3.63, 3.8) is 0 Å². The van der Waals surface area contributed by atoms with Gasteiger partial charge in [0.15, 0.2) is 0 Å². The number of rotatable bonds is 6. The lowest BCUT2D eigenvalue weighted by Gasteiger charge is -2.21. The van der Waals surface area contributed by atoms with Gasteiger partial charge in [-0.05, 0) is 20.3 Å². The van der Waals surface area contributed by atoms with Crippen molar-refractivity contribution in [2.45, 2.75) is 32.3 Å². The molecule has 0 amide bonds. The topological polar surface area (TPSA) is 55.8 Å². The normalized spacial score (nSPS) is 15.1. The maximum atomic E-state index is 11.0. The summed E-state index contributed by atoms with van der Waals surface area (Å²) in [7, 11) is 1.56. The molecule has 4 heteroatoms. The summed E-state index contributed by atoms with van der Waals surface area (Å²) in [5, 5.41) is 9.66. The van der Waals surface area contributed by atoms with Crippen molar-refractivity contribution < 1.29 is 19.4 Å². The second-order valence-electron chi connectivity index (χ2n) is 3.22. The molecule has 13 heavy (non-hydrogen) atoms. The molecule has 0 heterocycles. The number of hydrogen-bond acceptors (Lipinski definition) is 4. The highest BCUT2D eigenvalue weighted by Gasteiger charge is 2.24. The second-order valence-corrected chi connectivity index (χ2v) is 3.22. The van der Waals surface area contributed by atoms with Crippen molar-refractivity contribution in [2.24, 2.45) is 0 Å². The van der Waals surface area contributed by atoms with Gasteiger partial charge in [-0.1, -0.05) is 0 Å². The van der Waals surface area contributed by atoms with E-state index >= 15 is 0 Å². The molecule has 0 aliphatic rings. The van der Waals surface area contributed by atoms with Crippen LogP contribution in [0, 0.1) is 0 Å². The van der Waals surface area contributed by atoms with Gasteiger partial charge in [0, 0.05) is 13.7 Å². The highest BCUT2D eigenvalue weighted by atomic mass is 16.5. The largest absolute Gasteiger partial charge is 0.466 e. The molecule has 0 saturated carbocycles. The highest BCUT2D eigenvalue weighted by molar-refractivity contribution is 5.70. The van der Waals surface area contributed by atoms with Gasteiger partial charge >= 0.3 is 5.97 Å². The van der Waals surface area contributed by atoms with Gasteiger partial charge in [0.25, 0.3) is 0 Å². The minimum atomic E-state index is -1.03. The van der Waals surface area contributed by atoms with Crippen LogP contribution in [0.1, 0.15) is 26.7 Å². The van der Waals surface area contributed by atoms with Crippen LogP contribution in [0.5, 0.6) is 0 Å². The molecule has 1 unspecified atom stereocenters. The Morgan fingerprint density at radius 2 is 2.15 bits per heavy atom. The van der Waals surface area contributed by atoms with E-state index < -0.39 is 5.60 Å². The van der Waals surface area contributed by atoms with Crippen LogP contribution in [0.25, 0.3) is 0 Å². The SMILES string of the molecule is CCOC(=O)CC(C)(O)CCOC. The molecule has 1 N–H and O–H groups in total. The molecule has 0 bridgehead atoms. The molecule has 0 fully saturated rings. The molecule has 0 aliphatic heterocycles. The molecule has 1 atom stereocenters. The first-order valence-corrected chi connectivity index (χ1v) is 4.39. The zero-order valence-electron chi connectivity index (χ0n) is 8.50. The number of hydrogen-bond donors (Lipinski definition) is 1. The molecule has 0 aromatic carbocycles. The van der Waals surface area contributed by atoms with Crippen LogP contribution in [0.15, 0.2) is 0 Å². The first kappa shape index (κ1) is 12.4. The Labute approximate surface area is 78.8 Å². The first-order valence-electron chi connectivity index (χ1n) is 4.39. The number of esters is 1. The quantitative estimate of drug-likeness (QED) is 0.627. The fourth-order valence-corrected chi connectivity index (χ4v) is 0.933. The van der Waals surface area contributed by atoms with Crippen molar-refractivity contribution in [3.8, 4) is 0 Å².